The molecule has 0 aliphatic carbocycles. The molecule has 0 aliphatic rings. The molecule has 0 amide bonds. The molecule has 1 heterocycles. The third kappa shape index (κ3) is 2.55. The minimum atomic E-state index is -0.102. The third-order valence-electron chi connectivity index (χ3n) is 3.49. The van der Waals surface area contributed by atoms with Gasteiger partial charge in [0.25, 0.3) is 0 Å². The van der Waals surface area contributed by atoms with Gasteiger partial charge in [-0.25, -0.2) is 4.42 Å². The predicted octanol–water partition coefficient (Wildman–Crippen LogP) is 3.51. The molecule has 6 nitrogen and oxygen atoms in total. The van der Waals surface area contributed by atoms with Gasteiger partial charge in [0.05, 0.1) is 25.8 Å². The minimum Gasteiger partial charge on any atom is -0.507 e. The van der Waals surface area contributed by atoms with E-state index in [1.807, 2.05) is 0 Å². The van der Waals surface area contributed by atoms with Crippen LogP contribution < -0.4 is 9.47 Å². The van der Waals surface area contributed by atoms with Gasteiger partial charge in [0.1, 0.15) is 16.9 Å². The maximum absolute atomic E-state index is 9.96. The molecule has 1 aromatic heterocycles. The van der Waals surface area contributed by atoms with E-state index < -0.39 is 0 Å². The number of phenols is 3. The Balaban J connectivity index is 2.20. The van der Waals surface area contributed by atoms with E-state index in [0.717, 1.165) is 0 Å². The molecule has 0 spiro atoms. The number of hydrogen-bond acceptors (Lipinski definition) is 5. The summed E-state index contributed by atoms with van der Waals surface area (Å²) in [4.78, 5) is 0. The molecule has 0 saturated carbocycles. The maximum atomic E-state index is 9.96. The predicted molar refractivity (Wildman–Crippen MR) is 84.2 cm³/mol. The van der Waals surface area contributed by atoms with Crippen LogP contribution in [0.2, 0.25) is 0 Å². The lowest BCUT2D eigenvalue weighted by atomic mass is 10.1. The third-order valence-corrected chi connectivity index (χ3v) is 3.49. The zero-order valence-corrected chi connectivity index (χ0v) is 12.5. The van der Waals surface area contributed by atoms with Gasteiger partial charge in [-0.1, -0.05) is 0 Å². The van der Waals surface area contributed by atoms with Crippen LogP contribution in [0.4, 0.5) is 0 Å². The zero-order chi connectivity index (χ0) is 16.6. The number of hydrogen-bond donors (Lipinski definition) is 3. The number of fused-ring (bicyclic) bond motifs is 1. The minimum absolute atomic E-state index is 0.0730. The highest BCUT2D eigenvalue weighted by Gasteiger charge is 2.21. The van der Waals surface area contributed by atoms with Crippen LogP contribution in [-0.4, -0.2) is 29.5 Å². The zero-order valence-electron chi connectivity index (χ0n) is 12.5. The molecule has 0 atom stereocenters. The lowest BCUT2D eigenvalue weighted by Gasteiger charge is -2.08. The van der Waals surface area contributed by atoms with Crippen LogP contribution in [0.3, 0.4) is 0 Å². The normalized spacial score (nSPS) is 10.7. The second kappa shape index (κ2) is 5.57. The Morgan fingerprint density at radius 2 is 1.52 bits per heavy atom. The van der Waals surface area contributed by atoms with Gasteiger partial charge in [-0.15, -0.1) is 0 Å². The standard InChI is InChI=1S/C17H14O6/c1-21-15-5-9(6-16(22-2)17(15)20)13-4-3-11-12(19)7-10(18)8-14(11)23-13/h3-8H,1-2H3,(H2-,18,19,20)/p+1. The Morgan fingerprint density at radius 1 is 0.870 bits per heavy atom. The first-order valence-electron chi connectivity index (χ1n) is 6.77. The molecule has 0 fully saturated rings. The molecule has 6 heteroatoms. The van der Waals surface area contributed by atoms with Crippen LogP contribution in [0.25, 0.3) is 22.3 Å². The maximum Gasteiger partial charge on any atom is 0.368 e. The molecule has 118 valence electrons. The molecule has 0 unspecified atom stereocenters. The van der Waals surface area contributed by atoms with Crippen molar-refractivity contribution in [3.8, 4) is 40.1 Å². The average molecular weight is 315 g/mol. The lowest BCUT2D eigenvalue weighted by Crippen LogP contribution is -1.90. The first-order chi connectivity index (χ1) is 11.0. The first kappa shape index (κ1) is 14.8. The second-order valence-corrected chi connectivity index (χ2v) is 4.91. The fourth-order valence-electron chi connectivity index (χ4n) is 2.35. The van der Waals surface area contributed by atoms with Crippen molar-refractivity contribution < 1.29 is 29.2 Å². The molecule has 0 radical (unpaired) electrons. The summed E-state index contributed by atoms with van der Waals surface area (Å²) in [6.45, 7) is 0. The van der Waals surface area contributed by atoms with E-state index in [9.17, 15) is 15.3 Å². The summed E-state index contributed by atoms with van der Waals surface area (Å²) in [6.07, 6.45) is 0. The monoisotopic (exact) mass is 315 g/mol. The molecule has 2 aromatic carbocycles. The average Bonchev–Trinajstić information content (AvgIpc) is 2.54. The van der Waals surface area contributed by atoms with Gasteiger partial charge in [-0.3, -0.25) is 0 Å². The highest BCUT2D eigenvalue weighted by molar-refractivity contribution is 5.86. The molecule has 0 bridgehead atoms. The molecular formula is C17H15O6+. The molecular weight excluding hydrogens is 300 g/mol. The van der Waals surface area contributed by atoms with Gasteiger partial charge in [0, 0.05) is 24.3 Å². The van der Waals surface area contributed by atoms with E-state index in [2.05, 4.69) is 0 Å². The van der Waals surface area contributed by atoms with Gasteiger partial charge in [-0.2, -0.15) is 0 Å². The van der Waals surface area contributed by atoms with Crippen molar-refractivity contribution in [1.82, 2.24) is 0 Å². The summed E-state index contributed by atoms with van der Waals surface area (Å²) in [5, 5.41) is 29.8. The van der Waals surface area contributed by atoms with Gasteiger partial charge < -0.3 is 24.8 Å². The van der Waals surface area contributed by atoms with Crippen LogP contribution in [-0.2, 0) is 0 Å². The summed E-state index contributed by atoms with van der Waals surface area (Å²) < 4.78 is 16.0. The Bertz CT molecular complexity index is 863. The van der Waals surface area contributed by atoms with E-state index in [0.29, 0.717) is 22.3 Å². The van der Waals surface area contributed by atoms with Gasteiger partial charge in [0.15, 0.2) is 11.5 Å². The van der Waals surface area contributed by atoms with Gasteiger partial charge in [-0.05, 0) is 6.07 Å². The van der Waals surface area contributed by atoms with Gasteiger partial charge >= 0.3 is 11.3 Å². The largest absolute Gasteiger partial charge is 0.507 e. The Labute approximate surface area is 131 Å². The topological polar surface area (TPSA) is 90.5 Å². The molecule has 23 heavy (non-hydrogen) atoms. The van der Waals surface area contributed by atoms with Crippen molar-refractivity contribution in [2.45, 2.75) is 0 Å². The van der Waals surface area contributed by atoms with E-state index in [-0.39, 0.29) is 28.7 Å². The first-order valence-corrected chi connectivity index (χ1v) is 6.77. The second-order valence-electron chi connectivity index (χ2n) is 4.91. The fraction of sp³-hybridized carbons (Fsp3) is 0.118. The molecule has 3 N–H and O–H groups in total. The Kier molecular flexibility index (Phi) is 3.57. The number of aromatic hydroxyl groups is 3. The molecule has 0 aliphatic heterocycles. The number of rotatable bonds is 3. The van der Waals surface area contributed by atoms with Crippen LogP contribution in [0, 0.1) is 0 Å². The van der Waals surface area contributed by atoms with Crippen molar-refractivity contribution in [3.05, 3.63) is 36.4 Å². The smallest absolute Gasteiger partial charge is 0.368 e. The van der Waals surface area contributed by atoms with Crippen LogP contribution >= 0.6 is 0 Å². The van der Waals surface area contributed by atoms with Crippen molar-refractivity contribution in [2.24, 2.45) is 0 Å². The molecule has 3 aromatic rings. The van der Waals surface area contributed by atoms with Crippen LogP contribution in [0.5, 0.6) is 28.7 Å². The fourth-order valence-corrected chi connectivity index (χ4v) is 2.35. The summed E-state index contributed by atoms with van der Waals surface area (Å²) in [5.74, 6) is 0.670. The SMILES string of the molecule is COc1cc(-c2ccc3c(O)cc(O)cc3[o+]2)cc(OC)c1O. The quantitative estimate of drug-likeness (QED) is 0.641. The summed E-state index contributed by atoms with van der Waals surface area (Å²) in [7, 11) is 2.87. The van der Waals surface area contributed by atoms with E-state index in [4.69, 9.17) is 13.9 Å². The number of ether oxygens (including phenoxy) is 2. The summed E-state index contributed by atoms with van der Waals surface area (Å²) in [5.41, 5.74) is 0.937. The van der Waals surface area contributed by atoms with Crippen molar-refractivity contribution >= 4 is 11.0 Å². The number of methoxy groups -OCH3 is 2. The van der Waals surface area contributed by atoms with Crippen molar-refractivity contribution in [3.63, 3.8) is 0 Å². The Hall–Kier alpha value is -3.15. The highest BCUT2D eigenvalue weighted by Crippen LogP contribution is 2.41. The van der Waals surface area contributed by atoms with Crippen molar-refractivity contribution in [2.75, 3.05) is 14.2 Å². The lowest BCUT2D eigenvalue weighted by molar-refractivity contribution is 0.340. The van der Waals surface area contributed by atoms with Crippen molar-refractivity contribution in [1.29, 1.82) is 0 Å². The van der Waals surface area contributed by atoms with E-state index in [1.54, 1.807) is 24.3 Å². The summed E-state index contributed by atoms with van der Waals surface area (Å²) >= 11 is 0. The number of phenolic OH excluding ortho intramolecular Hbond substituents is 3. The van der Waals surface area contributed by atoms with Gasteiger partial charge in [0.2, 0.25) is 5.75 Å². The Morgan fingerprint density at radius 3 is 2.13 bits per heavy atom. The molecule has 0 saturated heterocycles. The van der Waals surface area contributed by atoms with Crippen LogP contribution in [0.1, 0.15) is 0 Å². The number of benzene rings is 2. The summed E-state index contributed by atoms with van der Waals surface area (Å²) in [6, 6.07) is 9.20. The van der Waals surface area contributed by atoms with Crippen LogP contribution in [0.15, 0.2) is 40.8 Å². The molecule has 3 rings (SSSR count). The van der Waals surface area contributed by atoms with E-state index >= 15 is 0 Å². The van der Waals surface area contributed by atoms with E-state index in [1.165, 1.54) is 26.4 Å². The highest BCUT2D eigenvalue weighted by atomic mass is 16.5.